The highest BCUT2D eigenvalue weighted by Crippen LogP contribution is 2.40. The summed E-state index contributed by atoms with van der Waals surface area (Å²) in [5.74, 6) is -0.714. The molecule has 9 heteroatoms. The first kappa shape index (κ1) is 22.4. The maximum atomic E-state index is 12.9. The molecule has 4 rings (SSSR count). The average molecular weight is 480 g/mol. The normalized spacial score (nSPS) is 11.7. The molecular formula is C24H18ClN3O4S. The van der Waals surface area contributed by atoms with Crippen LogP contribution in [0.25, 0.3) is 10.8 Å². The van der Waals surface area contributed by atoms with Crippen LogP contribution in [-0.2, 0) is 21.2 Å². The zero-order chi connectivity index (χ0) is 23.4. The Morgan fingerprint density at radius 3 is 2.24 bits per heavy atom. The molecule has 0 atom stereocenters. The molecule has 0 aromatic heterocycles. The highest BCUT2D eigenvalue weighted by Gasteiger charge is 2.18. The molecule has 0 fully saturated rings. The third kappa shape index (κ3) is 5.19. The highest BCUT2D eigenvalue weighted by atomic mass is 35.5. The molecule has 0 spiro atoms. The van der Waals surface area contributed by atoms with Crippen molar-refractivity contribution in [2.45, 2.75) is 11.3 Å². The molecule has 0 heterocycles. The van der Waals surface area contributed by atoms with Crippen molar-refractivity contribution in [3.63, 3.8) is 0 Å². The third-order valence-electron chi connectivity index (χ3n) is 4.83. The molecule has 2 N–H and O–H groups in total. The van der Waals surface area contributed by atoms with E-state index in [1.807, 2.05) is 18.2 Å². The number of benzene rings is 4. The summed E-state index contributed by atoms with van der Waals surface area (Å²) < 4.78 is 28.3. The number of hydrogen-bond donors (Lipinski definition) is 2. The maximum Gasteiger partial charge on any atom is 0.269 e. The number of carbonyl (C=O) groups excluding carboxylic acids is 1. The van der Waals surface area contributed by atoms with Crippen LogP contribution < -0.4 is 4.72 Å². The number of phenolic OH excluding ortho intramolecular Hbond substituents is 1. The lowest BCUT2D eigenvalue weighted by Gasteiger charge is -2.13. The van der Waals surface area contributed by atoms with E-state index in [1.54, 1.807) is 36.4 Å². The van der Waals surface area contributed by atoms with Crippen LogP contribution in [0.1, 0.15) is 5.56 Å². The van der Waals surface area contributed by atoms with E-state index in [1.165, 1.54) is 30.3 Å². The molecule has 0 bridgehead atoms. The topological polar surface area (TPSA) is 108 Å². The second-order valence-corrected chi connectivity index (χ2v) is 9.27. The van der Waals surface area contributed by atoms with Gasteiger partial charge in [0.1, 0.15) is 5.69 Å². The van der Waals surface area contributed by atoms with E-state index in [9.17, 15) is 18.3 Å². The second-order valence-electron chi connectivity index (χ2n) is 7.15. The number of amides is 1. The van der Waals surface area contributed by atoms with Crippen molar-refractivity contribution in [1.29, 1.82) is 0 Å². The van der Waals surface area contributed by atoms with E-state index in [0.717, 1.165) is 5.56 Å². The van der Waals surface area contributed by atoms with Crippen LogP contribution in [-0.4, -0.2) is 19.4 Å². The number of nitrogens with one attached hydrogen (secondary N) is 1. The van der Waals surface area contributed by atoms with Gasteiger partial charge in [-0.3, -0.25) is 9.52 Å². The van der Waals surface area contributed by atoms with Gasteiger partial charge in [0.2, 0.25) is 0 Å². The third-order valence-corrected chi connectivity index (χ3v) is 6.47. The van der Waals surface area contributed by atoms with E-state index < -0.39 is 15.9 Å². The van der Waals surface area contributed by atoms with Gasteiger partial charge in [0, 0.05) is 15.8 Å². The van der Waals surface area contributed by atoms with Crippen LogP contribution in [0.4, 0.5) is 11.4 Å². The van der Waals surface area contributed by atoms with Crippen LogP contribution >= 0.6 is 11.6 Å². The minimum Gasteiger partial charge on any atom is -0.505 e. The molecule has 7 nitrogen and oxygen atoms in total. The predicted octanol–water partition coefficient (Wildman–Crippen LogP) is 5.85. The van der Waals surface area contributed by atoms with E-state index >= 15 is 0 Å². The van der Waals surface area contributed by atoms with Crippen molar-refractivity contribution in [3.05, 3.63) is 95.5 Å². The van der Waals surface area contributed by atoms with Crippen molar-refractivity contribution in [2.75, 3.05) is 4.72 Å². The Morgan fingerprint density at radius 1 is 0.909 bits per heavy atom. The monoisotopic (exact) mass is 479 g/mol. The van der Waals surface area contributed by atoms with E-state index in [0.29, 0.717) is 15.8 Å². The Kier molecular flexibility index (Phi) is 6.39. The SMILES string of the molecule is O=C(Cc1ccccc1)N=Nc1cc(NS(=O)(=O)c2ccc(Cl)cc2)c2ccccc2c1O. The number of azo groups is 1. The fraction of sp³-hybridized carbons (Fsp3) is 0.0417. The summed E-state index contributed by atoms with van der Waals surface area (Å²) in [7, 11) is -3.95. The summed E-state index contributed by atoms with van der Waals surface area (Å²) in [6.07, 6.45) is 0.0503. The van der Waals surface area contributed by atoms with Gasteiger partial charge in [-0.15, -0.1) is 10.2 Å². The number of phenols is 1. The number of nitrogens with zero attached hydrogens (tertiary/aromatic N) is 2. The van der Waals surface area contributed by atoms with E-state index in [4.69, 9.17) is 11.6 Å². The smallest absolute Gasteiger partial charge is 0.269 e. The minimum atomic E-state index is -3.95. The first-order chi connectivity index (χ1) is 15.8. The maximum absolute atomic E-state index is 12.9. The largest absolute Gasteiger partial charge is 0.505 e. The van der Waals surface area contributed by atoms with Gasteiger partial charge in [0.25, 0.3) is 15.9 Å². The van der Waals surface area contributed by atoms with Gasteiger partial charge in [-0.05, 0) is 35.9 Å². The van der Waals surface area contributed by atoms with Crippen molar-refractivity contribution in [3.8, 4) is 5.75 Å². The zero-order valence-electron chi connectivity index (χ0n) is 17.1. The number of halogens is 1. The fourth-order valence-electron chi connectivity index (χ4n) is 3.24. The van der Waals surface area contributed by atoms with Gasteiger partial charge in [-0.2, -0.15) is 0 Å². The Balaban J connectivity index is 1.69. The summed E-state index contributed by atoms with van der Waals surface area (Å²) in [6.45, 7) is 0. The quantitative estimate of drug-likeness (QED) is 0.267. The van der Waals surface area contributed by atoms with Gasteiger partial charge in [0.05, 0.1) is 17.0 Å². The number of fused-ring (bicyclic) bond motifs is 1. The van der Waals surface area contributed by atoms with Crippen LogP contribution in [0, 0.1) is 0 Å². The number of hydrogen-bond acceptors (Lipinski definition) is 5. The molecule has 0 saturated carbocycles. The number of sulfonamides is 1. The molecule has 0 aliphatic rings. The Labute approximate surface area is 195 Å². The molecule has 0 aliphatic carbocycles. The molecule has 0 radical (unpaired) electrons. The summed E-state index contributed by atoms with van der Waals surface area (Å²) in [4.78, 5) is 12.2. The molecule has 0 aliphatic heterocycles. The number of carbonyl (C=O) groups is 1. The molecule has 33 heavy (non-hydrogen) atoms. The molecule has 0 saturated heterocycles. The minimum absolute atomic E-state index is 0.0188. The lowest BCUT2D eigenvalue weighted by atomic mass is 10.1. The van der Waals surface area contributed by atoms with E-state index in [-0.39, 0.29) is 28.4 Å². The van der Waals surface area contributed by atoms with Crippen LogP contribution in [0.3, 0.4) is 0 Å². The van der Waals surface area contributed by atoms with Gasteiger partial charge in [-0.1, -0.05) is 66.2 Å². The van der Waals surface area contributed by atoms with Gasteiger partial charge >= 0.3 is 0 Å². The van der Waals surface area contributed by atoms with Crippen LogP contribution in [0.5, 0.6) is 5.75 Å². The predicted molar refractivity (Wildman–Crippen MR) is 128 cm³/mol. The van der Waals surface area contributed by atoms with Gasteiger partial charge < -0.3 is 5.11 Å². The summed E-state index contributed by atoms with van der Waals surface area (Å²) in [5.41, 5.74) is 0.923. The van der Waals surface area contributed by atoms with Gasteiger partial charge in [0.15, 0.2) is 5.75 Å². The summed E-state index contributed by atoms with van der Waals surface area (Å²) in [5, 5.41) is 19.5. The second kappa shape index (κ2) is 9.40. The standard InChI is InChI=1S/C24H18ClN3O4S/c25-17-10-12-18(13-11-17)33(31,32)28-21-15-22(24(30)20-9-5-4-8-19(20)21)26-27-23(29)14-16-6-2-1-3-7-16/h1-13,15,28,30H,14H2. The lowest BCUT2D eigenvalue weighted by Crippen LogP contribution is -2.13. The van der Waals surface area contributed by atoms with Gasteiger partial charge in [-0.25, -0.2) is 8.42 Å². The first-order valence-corrected chi connectivity index (χ1v) is 11.7. The van der Waals surface area contributed by atoms with Crippen LogP contribution in [0.15, 0.2) is 100 Å². The van der Waals surface area contributed by atoms with Crippen molar-refractivity contribution >= 4 is 49.7 Å². The highest BCUT2D eigenvalue weighted by molar-refractivity contribution is 7.92. The molecule has 0 unspecified atom stereocenters. The fourth-order valence-corrected chi connectivity index (χ4v) is 4.44. The molecule has 166 valence electrons. The number of anilines is 1. The molecular weight excluding hydrogens is 462 g/mol. The Morgan fingerprint density at radius 2 is 1.55 bits per heavy atom. The first-order valence-electron chi connectivity index (χ1n) is 9.85. The Hall–Kier alpha value is -3.75. The van der Waals surface area contributed by atoms with Crippen molar-refractivity contribution in [1.82, 2.24) is 0 Å². The molecule has 4 aromatic carbocycles. The van der Waals surface area contributed by atoms with Crippen LogP contribution in [0.2, 0.25) is 5.02 Å². The average Bonchev–Trinajstić information content (AvgIpc) is 2.81. The Bertz CT molecular complexity index is 1450. The number of rotatable bonds is 6. The summed E-state index contributed by atoms with van der Waals surface area (Å²) >= 11 is 5.86. The zero-order valence-corrected chi connectivity index (χ0v) is 18.7. The van der Waals surface area contributed by atoms with Crippen molar-refractivity contribution < 1.29 is 18.3 Å². The summed E-state index contributed by atoms with van der Waals surface area (Å²) in [6, 6.07) is 22.8. The number of aromatic hydroxyl groups is 1. The van der Waals surface area contributed by atoms with Crippen molar-refractivity contribution in [2.24, 2.45) is 10.2 Å². The lowest BCUT2D eigenvalue weighted by molar-refractivity contribution is -0.117. The molecule has 4 aromatic rings. The van der Waals surface area contributed by atoms with E-state index in [2.05, 4.69) is 15.0 Å². The molecule has 1 amide bonds.